The number of hydrogen-bond donors (Lipinski definition) is 0. The van der Waals surface area contributed by atoms with Gasteiger partial charge in [0.25, 0.3) is 0 Å². The molecule has 0 bridgehead atoms. The molecule has 0 nitrogen and oxygen atoms in total. The van der Waals surface area contributed by atoms with Gasteiger partial charge >= 0.3 is 0 Å². The van der Waals surface area contributed by atoms with Gasteiger partial charge in [-0.05, 0) is 106 Å². The van der Waals surface area contributed by atoms with Gasteiger partial charge in [-0.3, -0.25) is 0 Å². The van der Waals surface area contributed by atoms with Gasteiger partial charge in [-0.2, -0.15) is 0 Å². The molecule has 9 aromatic rings. The van der Waals surface area contributed by atoms with Crippen molar-refractivity contribution in [2.75, 3.05) is 0 Å². The van der Waals surface area contributed by atoms with Crippen LogP contribution in [0.25, 0.3) is 87.6 Å². The second-order valence-corrected chi connectivity index (χ2v) is 11.5. The molecule has 0 heteroatoms. The van der Waals surface area contributed by atoms with E-state index in [2.05, 4.69) is 0 Å². The van der Waals surface area contributed by atoms with Crippen LogP contribution in [0.4, 0.5) is 0 Å². The molecule has 9 aromatic carbocycles. The number of rotatable bonds is 4. The molecule has 0 saturated heterocycles. The molecule has 214 valence electrons. The topological polar surface area (TPSA) is 0 Å². The molecular weight excluding hydrogens is 553 g/mol. The Kier molecular flexibility index (Phi) is 4.76. The van der Waals surface area contributed by atoms with Crippen LogP contribution in [0, 0.1) is 0 Å². The Hall–Kier alpha value is -5.98. The highest BCUT2D eigenvalue weighted by atomic mass is 14.2. The smallest absolute Gasteiger partial charge is 0.0622 e. The first-order valence-corrected chi connectivity index (χ1v) is 15.4. The maximum atomic E-state index is 10.1. The Morgan fingerprint density at radius 2 is 0.870 bits per heavy atom. The lowest BCUT2D eigenvalue weighted by Crippen LogP contribution is -1.93. The van der Waals surface area contributed by atoms with E-state index in [0.717, 1.165) is 32.7 Å². The molecular formula is C46H30. The molecule has 0 radical (unpaired) electrons. The predicted octanol–water partition coefficient (Wildman–Crippen LogP) is 13.0. The second-order valence-electron chi connectivity index (χ2n) is 11.5. The Morgan fingerprint density at radius 3 is 1.59 bits per heavy atom. The number of fused-ring (bicyclic) bond motifs is 4. The van der Waals surface area contributed by atoms with Gasteiger partial charge in [0.1, 0.15) is 0 Å². The third kappa shape index (κ3) is 4.38. The summed E-state index contributed by atoms with van der Waals surface area (Å²) in [5.41, 5.74) is 4.75. The van der Waals surface area contributed by atoms with Crippen molar-refractivity contribution in [2.45, 2.75) is 0 Å². The van der Waals surface area contributed by atoms with E-state index in [1.165, 1.54) is 0 Å². The van der Waals surface area contributed by atoms with Crippen molar-refractivity contribution < 1.29 is 9.60 Å². The Bertz CT molecular complexity index is 2970. The highest BCUT2D eigenvalue weighted by Crippen LogP contribution is 2.47. The summed E-state index contributed by atoms with van der Waals surface area (Å²) in [6.07, 6.45) is 0. The van der Waals surface area contributed by atoms with E-state index < -0.39 is 0 Å². The fourth-order valence-corrected chi connectivity index (χ4v) is 6.68. The molecule has 0 heterocycles. The molecule has 0 unspecified atom stereocenters. The van der Waals surface area contributed by atoms with Gasteiger partial charge < -0.3 is 0 Å². The van der Waals surface area contributed by atoms with Crippen LogP contribution in [-0.2, 0) is 0 Å². The number of hydrogen-bond acceptors (Lipinski definition) is 0. The van der Waals surface area contributed by atoms with E-state index >= 15 is 0 Å². The van der Waals surface area contributed by atoms with Crippen LogP contribution >= 0.6 is 0 Å². The van der Waals surface area contributed by atoms with E-state index in [-0.39, 0.29) is 58.6 Å². The Labute approximate surface area is 278 Å². The van der Waals surface area contributed by atoms with Gasteiger partial charge in [0, 0.05) is 0 Å². The van der Waals surface area contributed by atoms with E-state index in [9.17, 15) is 6.85 Å². The minimum Gasteiger partial charge on any atom is -0.0622 e. The fraction of sp³-hybridized carbons (Fsp3) is 0. The van der Waals surface area contributed by atoms with E-state index in [1.54, 1.807) is 0 Å². The van der Waals surface area contributed by atoms with Crippen LogP contribution in [-0.4, -0.2) is 0 Å². The van der Waals surface area contributed by atoms with Gasteiger partial charge in [-0.1, -0.05) is 164 Å². The summed E-state index contributed by atoms with van der Waals surface area (Å²) in [4.78, 5) is 0. The highest BCUT2D eigenvalue weighted by Gasteiger charge is 2.19. The molecule has 9 rings (SSSR count). The highest BCUT2D eigenvalue weighted by molar-refractivity contribution is 6.23. The average Bonchev–Trinajstić information content (AvgIpc) is 3.20. The van der Waals surface area contributed by atoms with Gasteiger partial charge in [0.05, 0.1) is 9.60 Å². The zero-order valence-electron chi connectivity index (χ0n) is 31.8. The normalized spacial score (nSPS) is 13.6. The maximum absolute atomic E-state index is 10.1. The van der Waals surface area contributed by atoms with Crippen molar-refractivity contribution in [3.05, 3.63) is 182 Å². The molecule has 0 N–H and O–H groups in total. The summed E-state index contributed by atoms with van der Waals surface area (Å²) in [7, 11) is 0. The van der Waals surface area contributed by atoms with Crippen LogP contribution in [0.1, 0.15) is 9.60 Å². The number of benzene rings is 9. The minimum atomic E-state index is -0.388. The summed E-state index contributed by atoms with van der Waals surface area (Å²) in [5.74, 6) is 0. The summed E-state index contributed by atoms with van der Waals surface area (Å²) in [6, 6.07) is 43.4. The van der Waals surface area contributed by atoms with Crippen molar-refractivity contribution in [2.24, 2.45) is 0 Å². The molecule has 0 fully saturated rings. The zero-order chi connectivity index (χ0) is 36.5. The molecule has 0 atom stereocenters. The van der Waals surface area contributed by atoms with Gasteiger partial charge in [0.15, 0.2) is 0 Å². The van der Waals surface area contributed by atoms with E-state index in [4.69, 9.17) is 2.74 Å². The van der Waals surface area contributed by atoms with Gasteiger partial charge in [0.2, 0.25) is 0 Å². The third-order valence-corrected chi connectivity index (χ3v) is 8.86. The van der Waals surface area contributed by atoms with Crippen molar-refractivity contribution in [1.82, 2.24) is 0 Å². The minimum absolute atomic E-state index is 0.0205. The zero-order valence-corrected chi connectivity index (χ0v) is 24.8. The standard InChI is InChI=1S/C46H30/c1-2-14-33(15-3-1)39-18-8-9-19-40(39)46-42-21-11-10-20-41(42)45(38-25-23-32-13-5-7-17-35(32)29-38)44-30-37(26-27-43(44)46)36-24-22-31-12-4-6-16-34(31)28-36/h1-30H/i10D,11D,20D,21D,26D,27D,30D. The van der Waals surface area contributed by atoms with Crippen LogP contribution in [0.5, 0.6) is 0 Å². The summed E-state index contributed by atoms with van der Waals surface area (Å²) >= 11 is 0. The Morgan fingerprint density at radius 1 is 0.326 bits per heavy atom. The van der Waals surface area contributed by atoms with Gasteiger partial charge in [-0.25, -0.2) is 0 Å². The first-order chi connectivity index (χ1) is 25.7. The van der Waals surface area contributed by atoms with Crippen LogP contribution in [0.3, 0.4) is 0 Å². The molecule has 0 spiro atoms. The van der Waals surface area contributed by atoms with Crippen molar-refractivity contribution in [1.29, 1.82) is 0 Å². The fourth-order valence-electron chi connectivity index (χ4n) is 6.68. The van der Waals surface area contributed by atoms with E-state index in [1.807, 2.05) is 140 Å². The first-order valence-electron chi connectivity index (χ1n) is 18.9. The quantitative estimate of drug-likeness (QED) is 0.179. The predicted molar refractivity (Wildman–Crippen MR) is 198 cm³/mol. The lowest BCUT2D eigenvalue weighted by molar-refractivity contribution is 1.60. The van der Waals surface area contributed by atoms with Gasteiger partial charge in [-0.15, -0.1) is 0 Å². The van der Waals surface area contributed by atoms with Crippen LogP contribution < -0.4 is 0 Å². The average molecular weight is 590 g/mol. The lowest BCUT2D eigenvalue weighted by Gasteiger charge is -2.20. The largest absolute Gasteiger partial charge is 0.0636 e. The second kappa shape index (κ2) is 10.9. The first kappa shape index (κ1) is 20.1. The van der Waals surface area contributed by atoms with Crippen molar-refractivity contribution >= 4 is 43.1 Å². The molecule has 46 heavy (non-hydrogen) atoms. The van der Waals surface area contributed by atoms with Crippen LogP contribution in [0.15, 0.2) is 182 Å². The summed E-state index contributed by atoms with van der Waals surface area (Å²) < 4.78 is 66.1. The van der Waals surface area contributed by atoms with Crippen molar-refractivity contribution in [3.8, 4) is 44.5 Å². The lowest BCUT2D eigenvalue weighted by atomic mass is 9.82. The molecule has 0 saturated carbocycles. The third-order valence-electron chi connectivity index (χ3n) is 8.86. The monoisotopic (exact) mass is 589 g/mol. The summed E-state index contributed by atoms with van der Waals surface area (Å²) in [5, 5.41) is 5.06. The Balaban J connectivity index is 1.56. The molecule has 0 aliphatic carbocycles. The molecule has 0 aromatic heterocycles. The molecule has 0 aliphatic rings. The SMILES string of the molecule is [2H]c1c([2H])c([2H])c2c(-c3ccccc3-c3ccccc3)c3c([2H])c([2H])c(-c4ccc5ccccc5c4)c([2H])c3c(-c3ccc4ccccc4c3)c2c1[2H]. The van der Waals surface area contributed by atoms with Crippen LogP contribution in [0.2, 0.25) is 0 Å². The van der Waals surface area contributed by atoms with Crippen molar-refractivity contribution in [3.63, 3.8) is 0 Å². The molecule has 0 aliphatic heterocycles. The molecule has 0 amide bonds. The maximum Gasteiger partial charge on any atom is 0.0636 e. The summed E-state index contributed by atoms with van der Waals surface area (Å²) in [6.45, 7) is 0. The van der Waals surface area contributed by atoms with E-state index in [0.29, 0.717) is 38.6 Å².